The number of unbranched alkanes of at least 4 members (excludes halogenated alkanes) is 3. The molecule has 0 amide bonds. The summed E-state index contributed by atoms with van der Waals surface area (Å²) in [5.41, 5.74) is 11.9. The van der Waals surface area contributed by atoms with Crippen molar-refractivity contribution in [3.8, 4) is 22.9 Å². The van der Waals surface area contributed by atoms with Gasteiger partial charge >= 0.3 is 0 Å². The molecule has 0 spiro atoms. The van der Waals surface area contributed by atoms with Crippen molar-refractivity contribution in [2.75, 3.05) is 0 Å². The Kier molecular flexibility index (Phi) is 11.0. The van der Waals surface area contributed by atoms with E-state index in [0.29, 0.717) is 5.92 Å². The summed E-state index contributed by atoms with van der Waals surface area (Å²) in [4.78, 5) is 0. The molecular formula is C33H45Br2NSi2. The molecule has 0 N–H and O–H groups in total. The van der Waals surface area contributed by atoms with E-state index in [-0.39, 0.29) is 0 Å². The van der Waals surface area contributed by atoms with Crippen LogP contribution in [0.1, 0.15) is 69.9 Å². The van der Waals surface area contributed by atoms with Crippen molar-refractivity contribution >= 4 is 69.8 Å². The highest BCUT2D eigenvalue weighted by Crippen LogP contribution is 2.37. The molecule has 1 heterocycles. The Morgan fingerprint density at radius 1 is 0.684 bits per heavy atom. The summed E-state index contributed by atoms with van der Waals surface area (Å²) in [5, 5.41) is 2.57. The summed E-state index contributed by atoms with van der Waals surface area (Å²) >= 11 is 7.77. The summed E-state index contributed by atoms with van der Waals surface area (Å²) in [6, 6.07) is 9.25. The summed E-state index contributed by atoms with van der Waals surface area (Å²) in [7, 11) is -2.97. The Morgan fingerprint density at radius 3 is 1.55 bits per heavy atom. The monoisotopic (exact) mass is 669 g/mol. The third-order valence-electron chi connectivity index (χ3n) is 6.81. The lowest BCUT2D eigenvalue weighted by Crippen LogP contribution is -2.16. The van der Waals surface area contributed by atoms with E-state index in [1.54, 1.807) is 0 Å². The molecule has 204 valence electrons. The van der Waals surface area contributed by atoms with Gasteiger partial charge in [0.25, 0.3) is 0 Å². The smallest absolute Gasteiger partial charge is 0.129 e. The second-order valence-electron chi connectivity index (χ2n) is 12.8. The van der Waals surface area contributed by atoms with Crippen molar-refractivity contribution in [2.24, 2.45) is 5.92 Å². The fourth-order valence-electron chi connectivity index (χ4n) is 4.79. The van der Waals surface area contributed by atoms with Crippen LogP contribution < -0.4 is 0 Å². The van der Waals surface area contributed by atoms with Crippen LogP contribution in [0.5, 0.6) is 0 Å². The molecule has 0 fully saturated rings. The number of halogens is 2. The largest absolute Gasteiger partial charge is 0.340 e. The van der Waals surface area contributed by atoms with E-state index in [9.17, 15) is 0 Å². The van der Waals surface area contributed by atoms with E-state index in [2.05, 4.69) is 137 Å². The minimum atomic E-state index is -1.48. The van der Waals surface area contributed by atoms with Gasteiger partial charge in [-0.15, -0.1) is 11.1 Å². The maximum absolute atomic E-state index is 3.88. The van der Waals surface area contributed by atoms with Crippen LogP contribution in [0, 0.1) is 28.8 Å². The molecule has 0 aliphatic heterocycles. The highest BCUT2D eigenvalue weighted by Gasteiger charge is 2.19. The molecule has 0 radical (unpaired) electrons. The van der Waals surface area contributed by atoms with Crippen molar-refractivity contribution in [1.82, 2.24) is 4.57 Å². The first-order valence-electron chi connectivity index (χ1n) is 14.3. The standard InChI is InChI=1S/C33H45Br2NSi2/c1-9-11-13-15-25(14-12-10-2)24-36-32-22-30(34)26(16-18-37(3,4)5)20-28(32)29-21-27(17-19-38(6,7)8)31(35)23-33(29)36/h20-23,25H,9-15,24H2,1-8H3. The van der Waals surface area contributed by atoms with Crippen LogP contribution in [0.2, 0.25) is 39.3 Å². The zero-order valence-electron chi connectivity index (χ0n) is 24.7. The van der Waals surface area contributed by atoms with Gasteiger partial charge in [0.15, 0.2) is 0 Å². The zero-order valence-corrected chi connectivity index (χ0v) is 29.9. The van der Waals surface area contributed by atoms with Gasteiger partial charge in [-0.05, 0) is 74.9 Å². The molecule has 5 heteroatoms. The average Bonchev–Trinajstić information content (AvgIpc) is 3.09. The normalized spacial score (nSPS) is 12.8. The van der Waals surface area contributed by atoms with Crippen molar-refractivity contribution in [2.45, 2.75) is 105 Å². The SMILES string of the molecule is CCCCCC(CCCC)Cn1c2cc(Br)c(C#C[Si](C)(C)C)cc2c2cc(C#C[Si](C)(C)C)c(Br)cc21. The summed E-state index contributed by atoms with van der Waals surface area (Å²) in [5.74, 6) is 7.72. The molecule has 3 rings (SSSR count). The molecular weight excluding hydrogens is 626 g/mol. The van der Waals surface area contributed by atoms with Gasteiger partial charge in [0, 0.05) is 37.4 Å². The lowest BCUT2D eigenvalue weighted by Gasteiger charge is -2.19. The molecule has 0 saturated heterocycles. The second kappa shape index (κ2) is 13.4. The first-order valence-corrected chi connectivity index (χ1v) is 22.9. The number of fused-ring (bicyclic) bond motifs is 3. The van der Waals surface area contributed by atoms with Crippen molar-refractivity contribution in [3.05, 3.63) is 44.3 Å². The molecule has 0 aliphatic carbocycles. The lowest BCUT2D eigenvalue weighted by molar-refractivity contribution is 0.372. The van der Waals surface area contributed by atoms with Crippen LogP contribution in [0.4, 0.5) is 0 Å². The predicted octanol–water partition coefficient (Wildman–Crippen LogP) is 11.2. The van der Waals surface area contributed by atoms with Gasteiger partial charge in [-0.25, -0.2) is 0 Å². The van der Waals surface area contributed by atoms with Crippen LogP contribution in [-0.4, -0.2) is 20.7 Å². The number of rotatable bonds is 9. The maximum atomic E-state index is 3.88. The molecule has 3 aromatic rings. The van der Waals surface area contributed by atoms with Crippen molar-refractivity contribution in [3.63, 3.8) is 0 Å². The van der Waals surface area contributed by atoms with Crippen LogP contribution in [0.25, 0.3) is 21.8 Å². The van der Waals surface area contributed by atoms with Crippen LogP contribution in [-0.2, 0) is 6.54 Å². The average molecular weight is 672 g/mol. The molecule has 2 aromatic carbocycles. The highest BCUT2D eigenvalue weighted by molar-refractivity contribution is 9.10. The lowest BCUT2D eigenvalue weighted by atomic mass is 9.95. The van der Waals surface area contributed by atoms with E-state index in [0.717, 1.165) is 26.6 Å². The fraction of sp³-hybridized carbons (Fsp3) is 0.515. The molecule has 1 nitrogen and oxygen atoms in total. The third kappa shape index (κ3) is 8.63. The molecule has 0 saturated carbocycles. The second-order valence-corrected chi connectivity index (χ2v) is 24.0. The van der Waals surface area contributed by atoms with E-state index in [1.165, 1.54) is 66.8 Å². The Bertz CT molecular complexity index is 1300. The Labute approximate surface area is 250 Å². The van der Waals surface area contributed by atoms with E-state index in [4.69, 9.17) is 0 Å². The summed E-state index contributed by atoms with van der Waals surface area (Å²) in [6.45, 7) is 19.5. The van der Waals surface area contributed by atoms with Crippen LogP contribution >= 0.6 is 31.9 Å². The Balaban J connectivity index is 2.25. The van der Waals surface area contributed by atoms with Crippen molar-refractivity contribution < 1.29 is 0 Å². The summed E-state index contributed by atoms with van der Waals surface area (Å²) in [6.07, 6.45) is 9.08. The third-order valence-corrected chi connectivity index (χ3v) is 9.87. The van der Waals surface area contributed by atoms with Gasteiger partial charge in [-0.3, -0.25) is 0 Å². The Morgan fingerprint density at radius 2 is 1.13 bits per heavy atom. The molecule has 1 unspecified atom stereocenters. The number of benzene rings is 2. The van der Waals surface area contributed by atoms with Crippen molar-refractivity contribution in [1.29, 1.82) is 0 Å². The number of hydrogen-bond donors (Lipinski definition) is 0. The molecule has 1 aromatic heterocycles. The Hall–Kier alpha value is -1.25. The van der Waals surface area contributed by atoms with E-state index >= 15 is 0 Å². The number of aromatic nitrogens is 1. The maximum Gasteiger partial charge on any atom is 0.129 e. The van der Waals surface area contributed by atoms with Crippen LogP contribution in [0.3, 0.4) is 0 Å². The van der Waals surface area contributed by atoms with Gasteiger partial charge in [-0.1, -0.05) is 97.1 Å². The number of hydrogen-bond acceptors (Lipinski definition) is 0. The van der Waals surface area contributed by atoms with E-state index < -0.39 is 16.1 Å². The molecule has 1 atom stereocenters. The molecule has 0 bridgehead atoms. The van der Waals surface area contributed by atoms with Gasteiger partial charge in [0.1, 0.15) is 16.1 Å². The summed E-state index contributed by atoms with van der Waals surface area (Å²) < 4.78 is 4.76. The number of nitrogens with zero attached hydrogens (tertiary/aromatic N) is 1. The zero-order chi connectivity index (χ0) is 28.1. The van der Waals surface area contributed by atoms with Gasteiger partial charge in [0.2, 0.25) is 0 Å². The molecule has 38 heavy (non-hydrogen) atoms. The first kappa shape index (κ1) is 31.3. The highest BCUT2D eigenvalue weighted by atomic mass is 79.9. The fourth-order valence-corrected chi connectivity index (χ4v) is 6.67. The van der Waals surface area contributed by atoms with E-state index in [1.807, 2.05) is 0 Å². The molecule has 0 aliphatic rings. The first-order chi connectivity index (χ1) is 17.8. The van der Waals surface area contributed by atoms with Crippen LogP contribution in [0.15, 0.2) is 33.2 Å². The van der Waals surface area contributed by atoms with Gasteiger partial charge in [0.05, 0.1) is 11.0 Å². The minimum absolute atomic E-state index is 0.690. The van der Waals surface area contributed by atoms with Gasteiger partial charge < -0.3 is 4.57 Å². The quantitative estimate of drug-likeness (QED) is 0.121. The topological polar surface area (TPSA) is 4.93 Å². The minimum Gasteiger partial charge on any atom is -0.340 e. The predicted molar refractivity (Wildman–Crippen MR) is 182 cm³/mol. The van der Waals surface area contributed by atoms with Gasteiger partial charge in [-0.2, -0.15) is 0 Å².